The van der Waals surface area contributed by atoms with Crippen molar-refractivity contribution < 1.29 is 14.3 Å². The predicted molar refractivity (Wildman–Crippen MR) is 118 cm³/mol. The third-order valence-electron chi connectivity index (χ3n) is 5.50. The Morgan fingerprint density at radius 2 is 1.81 bits per heavy atom. The van der Waals surface area contributed by atoms with Gasteiger partial charge in [-0.05, 0) is 43.9 Å². The summed E-state index contributed by atoms with van der Waals surface area (Å²) in [6.45, 7) is 4.48. The first-order valence-corrected chi connectivity index (χ1v) is 10.6. The van der Waals surface area contributed by atoms with E-state index in [-0.39, 0.29) is 17.2 Å². The molecule has 31 heavy (non-hydrogen) atoms. The Bertz CT molecular complexity index is 1200. The first-order chi connectivity index (χ1) is 15.0. The van der Waals surface area contributed by atoms with Crippen LogP contribution in [0.5, 0.6) is 0 Å². The zero-order chi connectivity index (χ0) is 22.0. The van der Waals surface area contributed by atoms with Crippen molar-refractivity contribution in [3.05, 3.63) is 70.1 Å². The maximum absolute atomic E-state index is 13.1. The van der Waals surface area contributed by atoms with Crippen LogP contribution < -0.4 is 10.5 Å². The summed E-state index contributed by atoms with van der Waals surface area (Å²) in [5.41, 5.74) is 1.77. The molecule has 3 aromatic rings. The summed E-state index contributed by atoms with van der Waals surface area (Å²) in [4.78, 5) is 40.4. The quantitative estimate of drug-likeness (QED) is 0.593. The topological polar surface area (TPSA) is 81.5 Å². The minimum Gasteiger partial charge on any atom is -0.448 e. The average molecular weight is 419 g/mol. The molecule has 2 heterocycles. The molecule has 0 fully saturated rings. The van der Waals surface area contributed by atoms with Crippen LogP contribution in [0.3, 0.4) is 0 Å². The summed E-state index contributed by atoms with van der Waals surface area (Å²) < 4.78 is 6.82. The number of ether oxygens (including phenoxy) is 1. The number of amides is 1. The highest BCUT2D eigenvalue weighted by Gasteiger charge is 2.29. The second-order valence-corrected chi connectivity index (χ2v) is 7.69. The van der Waals surface area contributed by atoms with Crippen molar-refractivity contribution in [3.8, 4) is 0 Å². The maximum Gasteiger partial charge on any atom is 0.360 e. The van der Waals surface area contributed by atoms with Crippen LogP contribution in [0.4, 0.5) is 5.69 Å². The molecule has 0 N–H and O–H groups in total. The van der Waals surface area contributed by atoms with Gasteiger partial charge in [0.1, 0.15) is 0 Å². The molecule has 1 aliphatic rings. The number of hydrogen-bond donors (Lipinski definition) is 0. The second-order valence-electron chi connectivity index (χ2n) is 7.69. The van der Waals surface area contributed by atoms with E-state index in [0.717, 1.165) is 24.1 Å². The van der Waals surface area contributed by atoms with Gasteiger partial charge in [0, 0.05) is 24.2 Å². The summed E-state index contributed by atoms with van der Waals surface area (Å²) in [5, 5.41) is 5.08. The number of esters is 1. The fourth-order valence-corrected chi connectivity index (χ4v) is 4.00. The van der Waals surface area contributed by atoms with E-state index < -0.39 is 12.1 Å². The van der Waals surface area contributed by atoms with Crippen molar-refractivity contribution in [3.63, 3.8) is 0 Å². The molecule has 4 rings (SSSR count). The largest absolute Gasteiger partial charge is 0.448 e. The van der Waals surface area contributed by atoms with Crippen LogP contribution in [0.1, 0.15) is 42.7 Å². The van der Waals surface area contributed by atoms with Crippen molar-refractivity contribution in [2.24, 2.45) is 0 Å². The van der Waals surface area contributed by atoms with Gasteiger partial charge < -0.3 is 9.64 Å². The number of aromatic nitrogens is 2. The standard InChI is InChI=1S/C24H25N3O4/c1-3-14-27-23(29)19-12-6-5-11-18(19)21(25-27)24(30)31-16(2)22(28)26-15-8-10-17-9-4-7-13-20(17)26/h4-7,9,11-13,16H,3,8,10,14-15H2,1-2H3. The number of carbonyl (C=O) groups excluding carboxylic acids is 2. The van der Waals surface area contributed by atoms with Crippen LogP contribution in [-0.2, 0) is 22.5 Å². The number of rotatable bonds is 5. The van der Waals surface area contributed by atoms with E-state index in [0.29, 0.717) is 30.3 Å². The van der Waals surface area contributed by atoms with E-state index in [9.17, 15) is 14.4 Å². The van der Waals surface area contributed by atoms with Crippen LogP contribution in [0.25, 0.3) is 10.8 Å². The molecule has 160 valence electrons. The highest BCUT2D eigenvalue weighted by atomic mass is 16.5. The van der Waals surface area contributed by atoms with Crippen molar-refractivity contribution in [2.75, 3.05) is 11.4 Å². The molecule has 1 amide bonds. The smallest absolute Gasteiger partial charge is 0.360 e. The van der Waals surface area contributed by atoms with Crippen LogP contribution in [0.2, 0.25) is 0 Å². The number of carbonyl (C=O) groups is 2. The van der Waals surface area contributed by atoms with Crippen molar-refractivity contribution in [1.82, 2.24) is 9.78 Å². The summed E-state index contributed by atoms with van der Waals surface area (Å²) in [7, 11) is 0. The van der Waals surface area contributed by atoms with Crippen LogP contribution in [0, 0.1) is 0 Å². The molecule has 0 saturated heterocycles. The highest BCUT2D eigenvalue weighted by molar-refractivity contribution is 6.04. The van der Waals surface area contributed by atoms with Gasteiger partial charge in [-0.3, -0.25) is 9.59 Å². The number of benzene rings is 2. The van der Waals surface area contributed by atoms with Gasteiger partial charge in [-0.15, -0.1) is 0 Å². The lowest BCUT2D eigenvalue weighted by Gasteiger charge is -2.31. The van der Waals surface area contributed by atoms with Gasteiger partial charge in [0.15, 0.2) is 11.8 Å². The lowest BCUT2D eigenvalue weighted by atomic mass is 10.0. The number of anilines is 1. The third kappa shape index (κ3) is 3.95. The fraction of sp³-hybridized carbons (Fsp3) is 0.333. The predicted octanol–water partition coefficient (Wildman–Crippen LogP) is 3.33. The van der Waals surface area contributed by atoms with Crippen LogP contribution in [-0.4, -0.2) is 34.3 Å². The Balaban J connectivity index is 1.62. The lowest BCUT2D eigenvalue weighted by molar-refractivity contribution is -0.126. The maximum atomic E-state index is 13.1. The summed E-state index contributed by atoms with van der Waals surface area (Å²) in [6.07, 6.45) is 1.50. The molecular weight excluding hydrogens is 394 g/mol. The van der Waals surface area contributed by atoms with Gasteiger partial charge in [0.05, 0.1) is 5.39 Å². The molecule has 1 atom stereocenters. The number of hydrogen-bond acceptors (Lipinski definition) is 5. The normalized spacial score (nSPS) is 14.2. The first-order valence-electron chi connectivity index (χ1n) is 10.6. The molecule has 1 aliphatic heterocycles. The zero-order valence-corrected chi connectivity index (χ0v) is 17.7. The molecule has 0 bridgehead atoms. The van der Waals surface area contributed by atoms with Crippen molar-refractivity contribution >= 4 is 28.3 Å². The number of aryl methyl sites for hydroxylation is 2. The summed E-state index contributed by atoms with van der Waals surface area (Å²) in [6, 6.07) is 14.6. The van der Waals surface area contributed by atoms with Gasteiger partial charge in [-0.2, -0.15) is 5.10 Å². The highest BCUT2D eigenvalue weighted by Crippen LogP contribution is 2.27. The van der Waals surface area contributed by atoms with E-state index in [1.807, 2.05) is 31.2 Å². The molecule has 1 aromatic heterocycles. The Labute approximate surface area is 180 Å². The Morgan fingerprint density at radius 1 is 1.10 bits per heavy atom. The van der Waals surface area contributed by atoms with Crippen molar-refractivity contribution in [2.45, 2.75) is 45.8 Å². The fourth-order valence-electron chi connectivity index (χ4n) is 4.00. The Kier molecular flexibility index (Phi) is 5.84. The van der Waals surface area contributed by atoms with Gasteiger partial charge in [-0.1, -0.05) is 43.3 Å². The summed E-state index contributed by atoms with van der Waals surface area (Å²) >= 11 is 0. The lowest BCUT2D eigenvalue weighted by Crippen LogP contribution is -2.43. The van der Waals surface area contributed by atoms with E-state index >= 15 is 0 Å². The molecular formula is C24H25N3O4. The van der Waals surface area contributed by atoms with Crippen molar-refractivity contribution in [1.29, 1.82) is 0 Å². The molecule has 0 radical (unpaired) electrons. The minimum absolute atomic E-state index is 0.0438. The van der Waals surface area contributed by atoms with E-state index in [4.69, 9.17) is 4.74 Å². The van der Waals surface area contributed by atoms with E-state index in [2.05, 4.69) is 5.10 Å². The Morgan fingerprint density at radius 3 is 2.58 bits per heavy atom. The average Bonchev–Trinajstić information content (AvgIpc) is 2.80. The molecule has 7 nitrogen and oxygen atoms in total. The third-order valence-corrected chi connectivity index (χ3v) is 5.50. The summed E-state index contributed by atoms with van der Waals surface area (Å²) in [5.74, 6) is -0.987. The van der Waals surface area contributed by atoms with Crippen LogP contribution in [0.15, 0.2) is 53.3 Å². The number of para-hydroxylation sites is 1. The SMILES string of the molecule is CCCn1nc(C(=O)OC(C)C(=O)N2CCCc3ccccc32)c2ccccc2c1=O. The van der Waals surface area contributed by atoms with E-state index in [1.165, 1.54) is 4.68 Å². The molecule has 2 aromatic carbocycles. The Hall–Kier alpha value is -3.48. The number of fused-ring (bicyclic) bond motifs is 2. The van der Waals surface area contributed by atoms with Gasteiger partial charge in [-0.25, -0.2) is 9.48 Å². The van der Waals surface area contributed by atoms with Gasteiger partial charge in [0.2, 0.25) is 0 Å². The van der Waals surface area contributed by atoms with E-state index in [1.54, 1.807) is 36.1 Å². The molecule has 0 saturated carbocycles. The molecule has 7 heteroatoms. The molecule has 1 unspecified atom stereocenters. The molecule has 0 aliphatic carbocycles. The molecule has 0 spiro atoms. The van der Waals surface area contributed by atoms with Gasteiger partial charge >= 0.3 is 5.97 Å². The first kappa shape index (κ1) is 20.8. The van der Waals surface area contributed by atoms with Gasteiger partial charge in [0.25, 0.3) is 11.5 Å². The minimum atomic E-state index is -0.981. The second kappa shape index (κ2) is 8.71. The monoisotopic (exact) mass is 419 g/mol. The van der Waals surface area contributed by atoms with Crippen LogP contribution >= 0.6 is 0 Å². The zero-order valence-electron chi connectivity index (χ0n) is 17.7. The number of nitrogens with zero attached hydrogens (tertiary/aromatic N) is 3.